The molecule has 9 aromatic rings. The van der Waals surface area contributed by atoms with Crippen molar-refractivity contribution in [1.29, 1.82) is 0 Å². The Balaban J connectivity index is 0.843. The summed E-state index contributed by atoms with van der Waals surface area (Å²) >= 11 is 0. The lowest BCUT2D eigenvalue weighted by molar-refractivity contribution is -0.235. The molecule has 20 heteroatoms. The van der Waals surface area contributed by atoms with Gasteiger partial charge in [-0.3, -0.25) is 19.2 Å². The Labute approximate surface area is 557 Å². The van der Waals surface area contributed by atoms with E-state index < -0.39 is 101 Å². The van der Waals surface area contributed by atoms with E-state index >= 15 is 4.79 Å². The zero-order chi connectivity index (χ0) is 66.9. The third-order valence-electron chi connectivity index (χ3n) is 17.8. The van der Waals surface area contributed by atoms with Crippen LogP contribution in [0.15, 0.2) is 237 Å². The molecule has 0 aliphatic carbocycles. The molecule has 3 aliphatic rings. The molecule has 7 atom stereocenters. The molecule has 3 fully saturated rings. The number of alkyl carbamates (subject to hydrolysis) is 1. The van der Waals surface area contributed by atoms with E-state index in [4.69, 9.17) is 43.1 Å². The maximum atomic E-state index is 15.6. The predicted octanol–water partition coefficient (Wildman–Crippen LogP) is 9.28. The van der Waals surface area contributed by atoms with Crippen molar-refractivity contribution in [3.63, 3.8) is 0 Å². The molecule has 0 radical (unpaired) electrons. The number of amides is 4. The van der Waals surface area contributed by atoms with E-state index in [0.717, 1.165) is 38.9 Å². The molecular formula is C76H78N8O12. The van der Waals surface area contributed by atoms with Gasteiger partial charge in [-0.2, -0.15) is 0 Å². The number of nitrogens with one attached hydrogen (secondary N) is 4. The fraction of sp³-hybridized carbons (Fsp3) is 0.303. The first-order chi connectivity index (χ1) is 46.5. The fourth-order valence-corrected chi connectivity index (χ4v) is 13.5. The minimum absolute atomic E-state index is 0.0642. The Bertz CT molecular complexity index is 3910. The van der Waals surface area contributed by atoms with Crippen molar-refractivity contribution < 1.29 is 57.1 Å². The van der Waals surface area contributed by atoms with Gasteiger partial charge in [-0.25, -0.2) is 14.8 Å². The van der Waals surface area contributed by atoms with Gasteiger partial charge in [-0.1, -0.05) is 212 Å². The molecule has 96 heavy (non-hydrogen) atoms. The number of rotatable bonds is 25. The van der Waals surface area contributed by atoms with Crippen molar-refractivity contribution in [3.05, 3.63) is 288 Å². The smallest absolute Gasteiger partial charge is 0.408 e. The summed E-state index contributed by atoms with van der Waals surface area (Å²) in [6.45, 7) is 6.79. The lowest BCUT2D eigenvalue weighted by atomic mass is 9.77. The Kier molecular flexibility index (Phi) is 19.6. The highest BCUT2D eigenvalue weighted by Gasteiger charge is 2.67. The van der Waals surface area contributed by atoms with Gasteiger partial charge in [0, 0.05) is 38.2 Å². The average Bonchev–Trinajstić information content (AvgIpc) is 1.50. The Hall–Kier alpha value is -10.1. The average molecular weight is 1300 g/mol. The van der Waals surface area contributed by atoms with E-state index in [0.29, 0.717) is 11.4 Å². The maximum Gasteiger partial charge on any atom is 0.408 e. The number of ether oxygens (including phenoxy) is 7. The molecule has 4 N–H and O–H groups in total. The lowest BCUT2D eigenvalue weighted by Gasteiger charge is -2.37. The van der Waals surface area contributed by atoms with E-state index in [1.54, 1.807) is 40.3 Å². The standard InChI is InChI=1S/C76H78N8O12/c1-72(2)92-49-63(93-72)66-67-68(96-73(3,4)94-67)74(95-66,45-65(86)90-5)82-70(88)62(44-60-47-84(51-79-60)76(56-35-21-10-22-36-56,57-37-23-11-24-38-57)58-39-25-12-26-40-58)80-64(85)41-42-77-69(87)61(81-71(89)91-48-52-27-13-6-14-28-52)43-59-46-83(50-78-59)75(53-29-15-7-16-30-53,54-31-17-8-18-32-54)55-33-19-9-20-34-55/h6-40,46-47,50-51,61-63,66-68H,41-45,48-49H2,1-5H3,(H,77,87)(H,80,85)(H,81,89)(H,82,88)/t61-,62+,63+,66+,67-,68-,74-/m1/s1. The van der Waals surface area contributed by atoms with E-state index in [9.17, 15) is 19.2 Å². The summed E-state index contributed by atoms with van der Waals surface area (Å²) in [4.78, 5) is 82.2. The van der Waals surface area contributed by atoms with Gasteiger partial charge in [0.15, 0.2) is 17.3 Å². The van der Waals surface area contributed by atoms with Crippen molar-refractivity contribution in [2.45, 2.75) is 125 Å². The number of carbonyl (C=O) groups excluding carboxylic acids is 5. The number of carbonyl (C=O) groups is 5. The van der Waals surface area contributed by atoms with Crippen molar-refractivity contribution in [2.24, 2.45) is 0 Å². The Morgan fingerprint density at radius 1 is 0.542 bits per heavy atom. The minimum Gasteiger partial charge on any atom is -0.469 e. The van der Waals surface area contributed by atoms with Crippen LogP contribution < -0.4 is 21.3 Å². The molecule has 20 nitrogen and oxygen atoms in total. The van der Waals surface area contributed by atoms with Crippen LogP contribution in [0.25, 0.3) is 0 Å². The van der Waals surface area contributed by atoms with Gasteiger partial charge in [-0.15, -0.1) is 0 Å². The quantitative estimate of drug-likeness (QED) is 0.0309. The first-order valence-corrected chi connectivity index (χ1v) is 32.2. The second kappa shape index (κ2) is 28.5. The van der Waals surface area contributed by atoms with Gasteiger partial charge in [-0.05, 0) is 66.6 Å². The van der Waals surface area contributed by atoms with Gasteiger partial charge >= 0.3 is 12.1 Å². The maximum absolute atomic E-state index is 15.6. The van der Waals surface area contributed by atoms with Crippen LogP contribution in [0.1, 0.15) is 90.9 Å². The summed E-state index contributed by atoms with van der Waals surface area (Å²) in [5, 5.41) is 11.6. The van der Waals surface area contributed by atoms with Crippen LogP contribution >= 0.6 is 0 Å². The molecule has 0 unspecified atom stereocenters. The van der Waals surface area contributed by atoms with Crippen LogP contribution in [0.2, 0.25) is 0 Å². The number of benzene rings is 7. The van der Waals surface area contributed by atoms with Gasteiger partial charge in [0.05, 0.1) is 44.2 Å². The van der Waals surface area contributed by atoms with Crippen molar-refractivity contribution in [1.82, 2.24) is 40.4 Å². The summed E-state index contributed by atoms with van der Waals surface area (Å²) in [6, 6.07) is 66.7. The fourth-order valence-electron chi connectivity index (χ4n) is 13.5. The molecule has 0 bridgehead atoms. The number of hydrogen-bond donors (Lipinski definition) is 4. The third-order valence-corrected chi connectivity index (χ3v) is 17.8. The number of nitrogens with zero attached hydrogens (tertiary/aromatic N) is 4. The molecule has 12 rings (SSSR count). The van der Waals surface area contributed by atoms with Crippen LogP contribution in [0.5, 0.6) is 0 Å². The van der Waals surface area contributed by atoms with Gasteiger partial charge < -0.3 is 63.6 Å². The number of aromatic nitrogens is 4. The van der Waals surface area contributed by atoms with E-state index in [1.165, 1.54) is 7.11 Å². The number of fused-ring (bicyclic) bond motifs is 1. The van der Waals surface area contributed by atoms with Crippen LogP contribution in [0.3, 0.4) is 0 Å². The van der Waals surface area contributed by atoms with E-state index in [1.807, 2.05) is 161 Å². The van der Waals surface area contributed by atoms with Crippen molar-refractivity contribution in [2.75, 3.05) is 20.3 Å². The minimum atomic E-state index is -1.94. The third kappa shape index (κ3) is 14.0. The second-order valence-electron chi connectivity index (χ2n) is 25.1. The number of methoxy groups -OCH3 is 1. The zero-order valence-electron chi connectivity index (χ0n) is 54.1. The molecule has 7 aromatic carbocycles. The van der Waals surface area contributed by atoms with E-state index in [-0.39, 0.29) is 39.0 Å². The predicted molar refractivity (Wildman–Crippen MR) is 355 cm³/mol. The van der Waals surface area contributed by atoms with Crippen LogP contribution in [-0.2, 0) is 82.9 Å². The van der Waals surface area contributed by atoms with Gasteiger partial charge in [0.2, 0.25) is 17.7 Å². The number of imidazole rings is 2. The SMILES string of the molecule is COC(=O)C[C@@]1(NC(=O)[C@H](Cc2cn(C(c3ccccc3)(c3ccccc3)c3ccccc3)cn2)NC(=O)CCNC(=O)[C@@H](Cc2cn(C(c3ccccc3)(c3ccccc3)c3ccccc3)cn2)NC(=O)OCc2ccccc2)O[C@@H]([C@@H]2COC(C)(C)O2)[C@H]2OC(C)(C)O[C@H]21. The number of hydrogen-bond acceptors (Lipinski definition) is 14. The highest BCUT2D eigenvalue weighted by atomic mass is 16.8. The van der Waals surface area contributed by atoms with E-state index in [2.05, 4.69) is 94.1 Å². The summed E-state index contributed by atoms with van der Waals surface area (Å²) in [7, 11) is 1.23. The second-order valence-corrected chi connectivity index (χ2v) is 25.1. The summed E-state index contributed by atoms with van der Waals surface area (Å²) in [5.41, 5.74) is 3.43. The molecule has 5 heterocycles. The first-order valence-electron chi connectivity index (χ1n) is 32.2. The number of esters is 1. The molecule has 4 amide bonds. The normalized spacial score (nSPS) is 20.1. The molecule has 0 saturated carbocycles. The summed E-state index contributed by atoms with van der Waals surface area (Å²) in [6.07, 6.45) is 1.58. The van der Waals surface area contributed by atoms with Crippen molar-refractivity contribution >= 4 is 29.8 Å². The summed E-state index contributed by atoms with van der Waals surface area (Å²) in [5.74, 6) is -4.96. The molecule has 2 aromatic heterocycles. The van der Waals surface area contributed by atoms with Crippen LogP contribution in [0.4, 0.5) is 4.79 Å². The molecule has 494 valence electrons. The van der Waals surface area contributed by atoms with Crippen LogP contribution in [-0.4, -0.2) is 123 Å². The molecule has 0 spiro atoms. The highest BCUT2D eigenvalue weighted by Crippen LogP contribution is 2.48. The Morgan fingerprint density at radius 2 is 0.979 bits per heavy atom. The largest absolute Gasteiger partial charge is 0.469 e. The lowest BCUT2D eigenvalue weighted by Crippen LogP contribution is -2.62. The molecule has 3 aliphatic heterocycles. The molecular weight excluding hydrogens is 1220 g/mol. The summed E-state index contributed by atoms with van der Waals surface area (Å²) < 4.78 is 47.0. The highest BCUT2D eigenvalue weighted by molar-refractivity contribution is 5.90. The van der Waals surface area contributed by atoms with Crippen LogP contribution in [0, 0.1) is 0 Å². The Morgan fingerprint density at radius 3 is 1.41 bits per heavy atom. The van der Waals surface area contributed by atoms with Crippen molar-refractivity contribution in [3.8, 4) is 0 Å². The van der Waals surface area contributed by atoms with Gasteiger partial charge in [0.1, 0.15) is 54.2 Å². The first kappa shape index (κ1) is 66.0. The molecule has 3 saturated heterocycles. The van der Waals surface area contributed by atoms with Gasteiger partial charge in [0.25, 0.3) is 0 Å². The topological polar surface area (TPSA) is 234 Å². The monoisotopic (exact) mass is 1290 g/mol. The zero-order valence-corrected chi connectivity index (χ0v) is 54.1.